The minimum atomic E-state index is -0.650. The average Bonchev–Trinajstić information content (AvgIpc) is 3.39. The number of nitrogens with one attached hydrogen (secondary N) is 1. The first-order chi connectivity index (χ1) is 13.5. The van der Waals surface area contributed by atoms with Crippen LogP contribution < -0.4 is 5.32 Å². The molecule has 3 rings (SSSR count). The quantitative estimate of drug-likeness (QED) is 0.403. The molecule has 0 aromatic carbocycles. The van der Waals surface area contributed by atoms with Crippen LogP contribution in [0, 0.1) is 5.92 Å². The minimum Gasteiger partial charge on any atom is -0.465 e. The Morgan fingerprint density at radius 2 is 2.29 bits per heavy atom. The van der Waals surface area contributed by atoms with Crippen LogP contribution in [-0.4, -0.2) is 43.2 Å². The molecule has 0 bridgehead atoms. The fourth-order valence-electron chi connectivity index (χ4n) is 2.94. The van der Waals surface area contributed by atoms with Gasteiger partial charge in [0.25, 0.3) is 5.91 Å². The zero-order chi connectivity index (χ0) is 20.1. The van der Waals surface area contributed by atoms with Gasteiger partial charge >= 0.3 is 0 Å². The first-order valence-electron chi connectivity index (χ1n) is 9.01. The summed E-state index contributed by atoms with van der Waals surface area (Å²) in [6, 6.07) is 2.86. The van der Waals surface area contributed by atoms with Gasteiger partial charge in [-0.1, -0.05) is 37.8 Å². The van der Waals surface area contributed by atoms with E-state index in [0.29, 0.717) is 21.5 Å². The summed E-state index contributed by atoms with van der Waals surface area (Å²) in [5.74, 6) is 0.0273. The molecule has 1 aliphatic heterocycles. The molecule has 1 aliphatic rings. The molecule has 0 aliphatic carbocycles. The highest BCUT2D eigenvalue weighted by Gasteiger charge is 2.41. The minimum absolute atomic E-state index is 0.0842. The van der Waals surface area contributed by atoms with Gasteiger partial charge in [-0.25, -0.2) is 4.98 Å². The summed E-state index contributed by atoms with van der Waals surface area (Å²) in [4.78, 5) is 31.6. The highest BCUT2D eigenvalue weighted by molar-refractivity contribution is 8.26. The average molecular weight is 419 g/mol. The molecule has 1 saturated heterocycles. The monoisotopic (exact) mass is 418 g/mol. The molecule has 1 fully saturated rings. The molecule has 1 N–H and O–H groups in total. The van der Waals surface area contributed by atoms with Crippen molar-refractivity contribution in [3.63, 3.8) is 0 Å². The number of nitrogens with zero attached hydrogens (tertiary/aromatic N) is 3. The van der Waals surface area contributed by atoms with E-state index < -0.39 is 6.04 Å². The van der Waals surface area contributed by atoms with E-state index in [9.17, 15) is 9.59 Å². The Hall–Kier alpha value is -2.39. The Labute approximate surface area is 173 Å². The summed E-state index contributed by atoms with van der Waals surface area (Å²) in [5.41, 5.74) is 0. The molecule has 0 saturated carbocycles. The van der Waals surface area contributed by atoms with Crippen molar-refractivity contribution in [3.05, 3.63) is 47.8 Å². The van der Waals surface area contributed by atoms with Crippen molar-refractivity contribution in [1.82, 2.24) is 19.8 Å². The third kappa shape index (κ3) is 4.71. The van der Waals surface area contributed by atoms with Gasteiger partial charge in [-0.05, 0) is 24.5 Å². The van der Waals surface area contributed by atoms with Crippen molar-refractivity contribution in [2.45, 2.75) is 32.9 Å². The number of rotatable bonds is 8. The molecule has 1 atom stereocenters. The number of thioether (sulfide) groups is 1. The number of aromatic nitrogens is 2. The number of thiocarbonyl (C=S) groups is 1. The highest BCUT2D eigenvalue weighted by Crippen LogP contribution is 2.35. The van der Waals surface area contributed by atoms with Crippen molar-refractivity contribution < 1.29 is 14.0 Å². The molecule has 2 aromatic heterocycles. The van der Waals surface area contributed by atoms with Gasteiger partial charge in [0.2, 0.25) is 5.91 Å². The number of aryl methyl sites for hydroxylation is 1. The molecular formula is C19H22N4O3S2. The molecule has 0 radical (unpaired) electrons. The van der Waals surface area contributed by atoms with E-state index in [1.807, 2.05) is 24.6 Å². The second-order valence-electron chi connectivity index (χ2n) is 6.70. The van der Waals surface area contributed by atoms with Gasteiger partial charge < -0.3 is 14.3 Å². The van der Waals surface area contributed by atoms with Gasteiger partial charge in [-0.15, -0.1) is 0 Å². The summed E-state index contributed by atoms with van der Waals surface area (Å²) in [6.45, 7) is 5.09. The van der Waals surface area contributed by atoms with Gasteiger partial charge in [0.05, 0.1) is 17.5 Å². The van der Waals surface area contributed by atoms with Crippen LogP contribution in [0.5, 0.6) is 0 Å². The molecule has 3 heterocycles. The zero-order valence-electron chi connectivity index (χ0n) is 15.7. The second kappa shape index (κ2) is 9.20. The van der Waals surface area contributed by atoms with Crippen molar-refractivity contribution in [2.75, 3.05) is 6.54 Å². The maximum absolute atomic E-state index is 12.9. The molecule has 2 amide bonds. The Balaban J connectivity index is 1.64. The number of furan rings is 1. The molecule has 28 heavy (non-hydrogen) atoms. The number of hydrogen-bond acceptors (Lipinski definition) is 6. The Kier molecular flexibility index (Phi) is 6.69. The van der Waals surface area contributed by atoms with Gasteiger partial charge in [0, 0.05) is 31.6 Å². The second-order valence-corrected chi connectivity index (χ2v) is 8.38. The first-order valence-corrected chi connectivity index (χ1v) is 10.2. The maximum Gasteiger partial charge on any atom is 0.267 e. The number of amides is 2. The Morgan fingerprint density at radius 3 is 2.93 bits per heavy atom. The SMILES string of the molecule is CC(C)C(C(=O)NCCCn1ccnc1)N1C(=O)/C(=C/c2ccco2)SC1=S. The molecule has 2 aromatic rings. The predicted molar refractivity (Wildman–Crippen MR) is 112 cm³/mol. The fourth-order valence-corrected chi connectivity index (χ4v) is 4.25. The third-order valence-electron chi connectivity index (χ3n) is 4.27. The van der Waals surface area contributed by atoms with E-state index >= 15 is 0 Å². The van der Waals surface area contributed by atoms with Gasteiger partial charge in [-0.3, -0.25) is 14.5 Å². The summed E-state index contributed by atoms with van der Waals surface area (Å²) < 4.78 is 7.61. The zero-order valence-corrected chi connectivity index (χ0v) is 17.3. The largest absolute Gasteiger partial charge is 0.465 e. The van der Waals surface area contributed by atoms with Crippen LogP contribution in [-0.2, 0) is 16.1 Å². The van der Waals surface area contributed by atoms with E-state index in [1.54, 1.807) is 37.0 Å². The standard InChI is InChI=1S/C19H22N4O3S2/c1-13(2)16(17(24)21-6-4-8-22-9-7-20-12-22)23-18(25)15(28-19(23)27)11-14-5-3-10-26-14/h3,5,7,9-13,16H,4,6,8H2,1-2H3,(H,21,24)/b15-11-. The molecule has 1 unspecified atom stereocenters. The lowest BCUT2D eigenvalue weighted by Crippen LogP contribution is -2.51. The lowest BCUT2D eigenvalue weighted by Gasteiger charge is -2.29. The van der Waals surface area contributed by atoms with E-state index in [1.165, 1.54) is 16.7 Å². The van der Waals surface area contributed by atoms with E-state index in [0.717, 1.165) is 13.0 Å². The summed E-state index contributed by atoms with van der Waals surface area (Å²) in [5, 5.41) is 2.93. The van der Waals surface area contributed by atoms with Gasteiger partial charge in [0.1, 0.15) is 16.1 Å². The molecule has 148 valence electrons. The topological polar surface area (TPSA) is 80.4 Å². The smallest absolute Gasteiger partial charge is 0.267 e. The Bertz CT molecular complexity index is 860. The molecule has 0 spiro atoms. The summed E-state index contributed by atoms with van der Waals surface area (Å²) in [6.07, 6.45) is 9.30. The molecule has 7 nitrogen and oxygen atoms in total. The summed E-state index contributed by atoms with van der Waals surface area (Å²) in [7, 11) is 0. The molecular weight excluding hydrogens is 396 g/mol. The van der Waals surface area contributed by atoms with Crippen LogP contribution in [0.3, 0.4) is 0 Å². The van der Waals surface area contributed by atoms with Crippen molar-refractivity contribution in [2.24, 2.45) is 5.92 Å². The van der Waals surface area contributed by atoms with Crippen LogP contribution >= 0.6 is 24.0 Å². The van der Waals surface area contributed by atoms with Crippen molar-refractivity contribution in [1.29, 1.82) is 0 Å². The number of carbonyl (C=O) groups excluding carboxylic acids is 2. The number of carbonyl (C=O) groups is 2. The van der Waals surface area contributed by atoms with Crippen molar-refractivity contribution >= 4 is 46.2 Å². The van der Waals surface area contributed by atoms with E-state index in [-0.39, 0.29) is 17.7 Å². The maximum atomic E-state index is 12.9. The summed E-state index contributed by atoms with van der Waals surface area (Å²) >= 11 is 6.59. The normalized spacial score (nSPS) is 17.0. The van der Waals surface area contributed by atoms with Gasteiger partial charge in [-0.2, -0.15) is 0 Å². The molecule has 9 heteroatoms. The fraction of sp³-hybridized carbons (Fsp3) is 0.368. The van der Waals surface area contributed by atoms with E-state index in [4.69, 9.17) is 16.6 Å². The van der Waals surface area contributed by atoms with Crippen LogP contribution in [0.4, 0.5) is 0 Å². The number of hydrogen-bond donors (Lipinski definition) is 1. The van der Waals surface area contributed by atoms with Crippen LogP contribution in [0.1, 0.15) is 26.0 Å². The number of imidazole rings is 1. The lowest BCUT2D eigenvalue weighted by molar-refractivity contribution is -0.134. The van der Waals surface area contributed by atoms with Crippen LogP contribution in [0.15, 0.2) is 46.4 Å². The first kappa shape index (κ1) is 20.3. The third-order valence-corrected chi connectivity index (χ3v) is 5.60. The lowest BCUT2D eigenvalue weighted by atomic mass is 10.0. The Morgan fingerprint density at radius 1 is 1.46 bits per heavy atom. The van der Waals surface area contributed by atoms with Gasteiger partial charge in [0.15, 0.2) is 0 Å². The van der Waals surface area contributed by atoms with Crippen LogP contribution in [0.25, 0.3) is 6.08 Å². The van der Waals surface area contributed by atoms with E-state index in [2.05, 4.69) is 10.3 Å². The van der Waals surface area contributed by atoms with Crippen LogP contribution in [0.2, 0.25) is 0 Å². The predicted octanol–water partition coefficient (Wildman–Crippen LogP) is 2.91. The highest BCUT2D eigenvalue weighted by atomic mass is 32.2. The van der Waals surface area contributed by atoms with Crippen molar-refractivity contribution in [3.8, 4) is 0 Å².